The van der Waals surface area contributed by atoms with Crippen LogP contribution < -0.4 is 9.64 Å². The summed E-state index contributed by atoms with van der Waals surface area (Å²) in [6.45, 7) is 7.35. The number of Topliss-reactive ketones (excluding diaryl/α,β-unsaturated/α-hetero) is 1. The van der Waals surface area contributed by atoms with Gasteiger partial charge in [0.2, 0.25) is 0 Å². The molecule has 1 aliphatic heterocycles. The molecule has 1 fully saturated rings. The third-order valence-corrected chi connectivity index (χ3v) is 6.74. The topological polar surface area (TPSA) is 126 Å². The lowest BCUT2D eigenvalue weighted by Crippen LogP contribution is -2.29. The number of thiazole rings is 1. The fourth-order valence-corrected chi connectivity index (χ4v) is 4.88. The first-order chi connectivity index (χ1) is 17.8. The standard InChI is InChI=1S/C27H24N2O7S/c1-4-14-36-19-12-8-17(9-13-19)22(31)20-21(16-6-10-18(30)11-7-16)29(25(33)23(20)32)27-28-15(3)24(37-27)26(34)35-5-2/h4,6-13,21,30-31H,1,5,14H2,2-3H3/b22-20+/t21-/m1/s1. The molecule has 2 aromatic carbocycles. The fraction of sp³-hybridized carbons (Fsp3) is 0.185. The van der Waals surface area contributed by atoms with Crippen molar-refractivity contribution < 1.29 is 34.1 Å². The van der Waals surface area contributed by atoms with E-state index >= 15 is 0 Å². The van der Waals surface area contributed by atoms with E-state index in [-0.39, 0.29) is 33.7 Å². The van der Waals surface area contributed by atoms with Gasteiger partial charge in [0.25, 0.3) is 5.78 Å². The van der Waals surface area contributed by atoms with Gasteiger partial charge in [-0.2, -0.15) is 0 Å². The first-order valence-corrected chi connectivity index (χ1v) is 12.2. The van der Waals surface area contributed by atoms with Gasteiger partial charge in [-0.1, -0.05) is 36.1 Å². The van der Waals surface area contributed by atoms with E-state index in [1.807, 2.05) is 0 Å². The Labute approximate surface area is 216 Å². The molecular formula is C27H24N2O7S. The van der Waals surface area contributed by atoms with E-state index in [1.165, 1.54) is 12.1 Å². The number of aromatic nitrogens is 1. The summed E-state index contributed by atoms with van der Waals surface area (Å²) in [6, 6.07) is 11.3. The highest BCUT2D eigenvalue weighted by atomic mass is 32.1. The lowest BCUT2D eigenvalue weighted by atomic mass is 9.95. The number of aliphatic hydroxyl groups is 1. The van der Waals surface area contributed by atoms with E-state index in [2.05, 4.69) is 11.6 Å². The number of carbonyl (C=O) groups is 3. The van der Waals surface area contributed by atoms with Gasteiger partial charge in [0.05, 0.1) is 23.9 Å². The van der Waals surface area contributed by atoms with Crippen molar-refractivity contribution in [3.8, 4) is 11.5 Å². The van der Waals surface area contributed by atoms with E-state index in [9.17, 15) is 24.6 Å². The normalized spacial score (nSPS) is 16.6. The fourth-order valence-electron chi connectivity index (χ4n) is 3.89. The lowest BCUT2D eigenvalue weighted by Gasteiger charge is -2.23. The number of phenolic OH excluding ortho intramolecular Hbond substituents is 1. The van der Waals surface area contributed by atoms with Crippen molar-refractivity contribution in [2.45, 2.75) is 19.9 Å². The van der Waals surface area contributed by atoms with Gasteiger partial charge < -0.3 is 19.7 Å². The zero-order valence-electron chi connectivity index (χ0n) is 20.1. The summed E-state index contributed by atoms with van der Waals surface area (Å²) >= 11 is 0.920. The highest BCUT2D eigenvalue weighted by Crippen LogP contribution is 2.44. The van der Waals surface area contributed by atoms with E-state index in [1.54, 1.807) is 56.3 Å². The van der Waals surface area contributed by atoms with Gasteiger partial charge in [-0.25, -0.2) is 9.78 Å². The van der Waals surface area contributed by atoms with Crippen molar-refractivity contribution in [2.75, 3.05) is 18.1 Å². The number of anilines is 1. The number of esters is 1. The summed E-state index contributed by atoms with van der Waals surface area (Å²) in [7, 11) is 0. The SMILES string of the molecule is C=CCOc1ccc(/C(O)=C2\C(=O)C(=O)N(c3nc(C)c(C(=O)OCC)s3)[C@@H]2c2ccc(O)cc2)cc1. The molecule has 3 aromatic rings. The summed E-state index contributed by atoms with van der Waals surface area (Å²) in [5.74, 6) is -2.25. The van der Waals surface area contributed by atoms with Crippen LogP contribution in [0.2, 0.25) is 0 Å². The molecule has 0 radical (unpaired) electrons. The van der Waals surface area contributed by atoms with Crippen LogP contribution >= 0.6 is 11.3 Å². The average molecular weight is 521 g/mol. The lowest BCUT2D eigenvalue weighted by molar-refractivity contribution is -0.132. The van der Waals surface area contributed by atoms with Gasteiger partial charge in [-0.3, -0.25) is 14.5 Å². The van der Waals surface area contributed by atoms with Crippen LogP contribution in [-0.4, -0.2) is 46.1 Å². The molecule has 0 bridgehead atoms. The number of phenols is 1. The Balaban J connectivity index is 1.84. The van der Waals surface area contributed by atoms with Crippen LogP contribution in [0.4, 0.5) is 5.13 Å². The number of carbonyl (C=O) groups excluding carboxylic acids is 3. The minimum Gasteiger partial charge on any atom is -0.508 e. The second-order valence-electron chi connectivity index (χ2n) is 8.02. The average Bonchev–Trinajstić information content (AvgIpc) is 3.40. The van der Waals surface area contributed by atoms with Crippen molar-refractivity contribution in [2.24, 2.45) is 0 Å². The zero-order valence-corrected chi connectivity index (χ0v) is 20.9. The molecule has 1 amide bonds. The number of nitrogens with zero attached hydrogens (tertiary/aromatic N) is 2. The van der Waals surface area contributed by atoms with Crippen molar-refractivity contribution in [1.82, 2.24) is 4.98 Å². The highest BCUT2D eigenvalue weighted by molar-refractivity contribution is 7.17. The molecule has 0 unspecified atom stereocenters. The van der Waals surface area contributed by atoms with Crippen LogP contribution in [0.15, 0.2) is 66.8 Å². The number of benzene rings is 2. The zero-order chi connectivity index (χ0) is 26.7. The van der Waals surface area contributed by atoms with Crippen molar-refractivity contribution in [3.05, 3.63) is 88.5 Å². The first kappa shape index (κ1) is 25.6. The van der Waals surface area contributed by atoms with Crippen molar-refractivity contribution in [3.63, 3.8) is 0 Å². The molecule has 10 heteroatoms. The Bertz CT molecular complexity index is 1390. The summed E-state index contributed by atoms with van der Waals surface area (Å²) in [4.78, 5) is 44.7. The summed E-state index contributed by atoms with van der Waals surface area (Å²) in [6.07, 6.45) is 1.60. The molecule has 0 aliphatic carbocycles. The number of aliphatic hydroxyl groups excluding tert-OH is 1. The maximum absolute atomic E-state index is 13.3. The van der Waals surface area contributed by atoms with Gasteiger partial charge in [-0.05, 0) is 55.8 Å². The summed E-state index contributed by atoms with van der Waals surface area (Å²) in [5, 5.41) is 21.1. The van der Waals surface area contributed by atoms with E-state index in [0.717, 1.165) is 16.2 Å². The first-order valence-electron chi connectivity index (χ1n) is 11.3. The minimum atomic E-state index is -1.06. The van der Waals surface area contributed by atoms with E-state index in [4.69, 9.17) is 9.47 Å². The van der Waals surface area contributed by atoms with Crippen LogP contribution in [0, 0.1) is 6.92 Å². The van der Waals surface area contributed by atoms with Crippen molar-refractivity contribution >= 4 is 39.9 Å². The monoisotopic (exact) mass is 520 g/mol. The molecule has 190 valence electrons. The predicted octanol–water partition coefficient (Wildman–Crippen LogP) is 4.52. The molecule has 1 saturated heterocycles. The molecule has 1 aromatic heterocycles. The second kappa shape index (κ2) is 10.7. The number of ether oxygens (including phenoxy) is 2. The largest absolute Gasteiger partial charge is 0.508 e. The third kappa shape index (κ3) is 4.96. The van der Waals surface area contributed by atoms with Crippen LogP contribution in [-0.2, 0) is 14.3 Å². The Hall–Kier alpha value is -4.44. The minimum absolute atomic E-state index is 0.00879. The van der Waals surface area contributed by atoms with Gasteiger partial charge in [0.15, 0.2) is 5.13 Å². The van der Waals surface area contributed by atoms with Gasteiger partial charge >= 0.3 is 11.9 Å². The number of amides is 1. The van der Waals surface area contributed by atoms with Gasteiger partial charge in [0.1, 0.15) is 28.7 Å². The number of ketones is 1. The van der Waals surface area contributed by atoms with Crippen LogP contribution in [0.1, 0.15) is 39.5 Å². The molecule has 1 aliphatic rings. The van der Waals surface area contributed by atoms with Crippen LogP contribution in [0.25, 0.3) is 5.76 Å². The smallest absolute Gasteiger partial charge is 0.350 e. The Morgan fingerprint density at radius 3 is 2.46 bits per heavy atom. The molecule has 2 heterocycles. The second-order valence-corrected chi connectivity index (χ2v) is 8.99. The third-order valence-electron chi connectivity index (χ3n) is 5.60. The molecule has 9 nitrogen and oxygen atoms in total. The predicted molar refractivity (Wildman–Crippen MR) is 138 cm³/mol. The van der Waals surface area contributed by atoms with Crippen molar-refractivity contribution in [1.29, 1.82) is 0 Å². The number of hydrogen-bond donors (Lipinski definition) is 2. The summed E-state index contributed by atoms with van der Waals surface area (Å²) in [5.41, 5.74) is 0.950. The van der Waals surface area contributed by atoms with Gasteiger partial charge in [-0.15, -0.1) is 0 Å². The Morgan fingerprint density at radius 2 is 1.84 bits per heavy atom. The molecule has 2 N–H and O–H groups in total. The Morgan fingerprint density at radius 1 is 1.16 bits per heavy atom. The number of rotatable bonds is 8. The van der Waals surface area contributed by atoms with Crippen LogP contribution in [0.5, 0.6) is 11.5 Å². The number of aromatic hydroxyl groups is 1. The summed E-state index contributed by atoms with van der Waals surface area (Å²) < 4.78 is 10.5. The molecule has 37 heavy (non-hydrogen) atoms. The molecular weight excluding hydrogens is 496 g/mol. The van der Waals surface area contributed by atoms with Gasteiger partial charge in [0, 0.05) is 5.56 Å². The Kier molecular flexibility index (Phi) is 7.40. The highest BCUT2D eigenvalue weighted by Gasteiger charge is 2.48. The number of hydrogen-bond acceptors (Lipinski definition) is 9. The quantitative estimate of drug-likeness (QED) is 0.146. The molecule has 1 atom stereocenters. The number of aryl methyl sites for hydroxylation is 1. The van der Waals surface area contributed by atoms with E-state index in [0.29, 0.717) is 29.2 Å². The maximum atomic E-state index is 13.3. The van der Waals surface area contributed by atoms with E-state index < -0.39 is 23.7 Å². The molecule has 4 rings (SSSR count). The maximum Gasteiger partial charge on any atom is 0.350 e. The molecule has 0 saturated carbocycles. The molecule has 0 spiro atoms. The van der Waals surface area contributed by atoms with Crippen LogP contribution in [0.3, 0.4) is 0 Å².